The Morgan fingerprint density at radius 2 is 2.25 bits per heavy atom. The lowest BCUT2D eigenvalue weighted by Gasteiger charge is -2.30. The molecule has 1 aromatic rings. The molecule has 20 heavy (non-hydrogen) atoms. The van der Waals surface area contributed by atoms with Gasteiger partial charge >= 0.3 is 0 Å². The lowest BCUT2D eigenvalue weighted by atomic mass is 9.98. The molecule has 0 saturated carbocycles. The van der Waals surface area contributed by atoms with Gasteiger partial charge in [0.05, 0.1) is 4.92 Å². The summed E-state index contributed by atoms with van der Waals surface area (Å²) in [7, 11) is 0. The van der Waals surface area contributed by atoms with E-state index in [1.165, 1.54) is 6.07 Å². The summed E-state index contributed by atoms with van der Waals surface area (Å²) in [5.74, 6) is -0.365. The highest BCUT2D eigenvalue weighted by molar-refractivity contribution is 5.99. The van der Waals surface area contributed by atoms with Crippen LogP contribution in [0.3, 0.4) is 0 Å². The molecule has 2 unspecified atom stereocenters. The van der Waals surface area contributed by atoms with Gasteiger partial charge in [-0.05, 0) is 38.8 Å². The van der Waals surface area contributed by atoms with Gasteiger partial charge < -0.3 is 10.6 Å². The van der Waals surface area contributed by atoms with Crippen LogP contribution in [0.15, 0.2) is 18.2 Å². The lowest BCUT2D eigenvalue weighted by molar-refractivity contribution is -0.385. The maximum absolute atomic E-state index is 12.4. The third-order valence-electron chi connectivity index (χ3n) is 3.75. The fourth-order valence-corrected chi connectivity index (χ4v) is 2.58. The summed E-state index contributed by atoms with van der Waals surface area (Å²) in [6.07, 6.45) is 1.88. The Labute approximate surface area is 117 Å². The Kier molecular flexibility index (Phi) is 4.34. The number of nitro benzene ring substituents is 1. The molecule has 108 valence electrons. The van der Waals surface area contributed by atoms with Gasteiger partial charge in [0.2, 0.25) is 0 Å². The van der Waals surface area contributed by atoms with Crippen molar-refractivity contribution in [1.82, 2.24) is 10.6 Å². The highest BCUT2D eigenvalue weighted by Crippen LogP contribution is 2.22. The summed E-state index contributed by atoms with van der Waals surface area (Å²) in [5.41, 5.74) is 0.641. The number of rotatable bonds is 3. The largest absolute Gasteiger partial charge is 0.348 e. The van der Waals surface area contributed by atoms with E-state index in [0.717, 1.165) is 19.4 Å². The van der Waals surface area contributed by atoms with Gasteiger partial charge in [0.15, 0.2) is 0 Å². The van der Waals surface area contributed by atoms with Crippen LogP contribution < -0.4 is 10.6 Å². The summed E-state index contributed by atoms with van der Waals surface area (Å²) in [5, 5.41) is 17.3. The quantitative estimate of drug-likeness (QED) is 0.651. The second-order valence-electron chi connectivity index (χ2n) is 5.19. The SMILES string of the molecule is Cc1cccc([N+](=O)[O-])c1C(=O)NC1CCCNC1C. The van der Waals surface area contributed by atoms with Crippen molar-refractivity contribution in [1.29, 1.82) is 0 Å². The smallest absolute Gasteiger partial charge is 0.282 e. The minimum Gasteiger partial charge on any atom is -0.348 e. The number of nitro groups is 1. The monoisotopic (exact) mass is 277 g/mol. The number of hydrogen-bond acceptors (Lipinski definition) is 4. The van der Waals surface area contributed by atoms with Crippen molar-refractivity contribution in [3.63, 3.8) is 0 Å². The summed E-state index contributed by atoms with van der Waals surface area (Å²) >= 11 is 0. The van der Waals surface area contributed by atoms with Crippen molar-refractivity contribution in [2.75, 3.05) is 6.54 Å². The molecule has 2 N–H and O–H groups in total. The summed E-state index contributed by atoms with van der Waals surface area (Å²) < 4.78 is 0. The van der Waals surface area contributed by atoms with Crippen molar-refractivity contribution >= 4 is 11.6 Å². The number of amides is 1. The molecule has 1 saturated heterocycles. The topological polar surface area (TPSA) is 84.3 Å². The molecule has 2 atom stereocenters. The Balaban J connectivity index is 2.23. The van der Waals surface area contributed by atoms with Gasteiger partial charge in [-0.15, -0.1) is 0 Å². The molecule has 0 spiro atoms. The zero-order valence-electron chi connectivity index (χ0n) is 11.7. The first-order valence-corrected chi connectivity index (χ1v) is 6.79. The van der Waals surface area contributed by atoms with Gasteiger partial charge in [0.1, 0.15) is 5.56 Å². The Morgan fingerprint density at radius 1 is 1.50 bits per heavy atom. The van der Waals surface area contributed by atoms with Gasteiger partial charge in [-0.2, -0.15) is 0 Å². The fourth-order valence-electron chi connectivity index (χ4n) is 2.58. The fraction of sp³-hybridized carbons (Fsp3) is 0.500. The molecule has 1 fully saturated rings. The lowest BCUT2D eigenvalue weighted by Crippen LogP contribution is -2.52. The number of hydrogen-bond donors (Lipinski definition) is 2. The number of benzene rings is 1. The number of nitrogens with zero attached hydrogens (tertiary/aromatic N) is 1. The van der Waals surface area contributed by atoms with E-state index in [0.29, 0.717) is 5.56 Å². The number of carbonyl (C=O) groups is 1. The molecule has 0 radical (unpaired) electrons. The molecule has 0 aliphatic carbocycles. The van der Waals surface area contributed by atoms with Crippen molar-refractivity contribution in [2.24, 2.45) is 0 Å². The van der Waals surface area contributed by atoms with Crippen molar-refractivity contribution in [2.45, 2.75) is 38.8 Å². The molecular formula is C14H19N3O3. The molecule has 2 rings (SSSR count). The minimum absolute atomic E-state index is 0.00969. The number of piperidine rings is 1. The second-order valence-corrected chi connectivity index (χ2v) is 5.19. The molecule has 1 aromatic carbocycles. The van der Waals surface area contributed by atoms with E-state index in [-0.39, 0.29) is 29.2 Å². The highest BCUT2D eigenvalue weighted by atomic mass is 16.6. The van der Waals surface area contributed by atoms with Crippen LogP contribution in [-0.4, -0.2) is 29.5 Å². The van der Waals surface area contributed by atoms with Crippen LogP contribution in [0.4, 0.5) is 5.69 Å². The molecule has 1 heterocycles. The van der Waals surface area contributed by atoms with Crippen molar-refractivity contribution in [3.05, 3.63) is 39.4 Å². The van der Waals surface area contributed by atoms with Crippen LogP contribution >= 0.6 is 0 Å². The zero-order valence-corrected chi connectivity index (χ0v) is 11.7. The van der Waals surface area contributed by atoms with Crippen molar-refractivity contribution in [3.8, 4) is 0 Å². The van der Waals surface area contributed by atoms with Crippen LogP contribution in [0.5, 0.6) is 0 Å². The van der Waals surface area contributed by atoms with E-state index < -0.39 is 4.92 Å². The molecule has 0 bridgehead atoms. The van der Waals surface area contributed by atoms with Gasteiger partial charge in [-0.1, -0.05) is 12.1 Å². The van der Waals surface area contributed by atoms with E-state index in [1.54, 1.807) is 19.1 Å². The average Bonchev–Trinajstić information content (AvgIpc) is 2.40. The maximum atomic E-state index is 12.4. The first kappa shape index (κ1) is 14.5. The Hall–Kier alpha value is -1.95. The maximum Gasteiger partial charge on any atom is 0.282 e. The third-order valence-corrected chi connectivity index (χ3v) is 3.75. The minimum atomic E-state index is -0.509. The second kappa shape index (κ2) is 6.00. The van der Waals surface area contributed by atoms with Crippen molar-refractivity contribution < 1.29 is 9.72 Å². The molecule has 6 nitrogen and oxygen atoms in total. The zero-order chi connectivity index (χ0) is 14.7. The summed E-state index contributed by atoms with van der Waals surface area (Å²) in [6.45, 7) is 4.67. The normalized spacial score (nSPS) is 22.3. The average molecular weight is 277 g/mol. The number of aryl methyl sites for hydroxylation is 1. The van der Waals surface area contributed by atoms with Gasteiger partial charge in [-0.25, -0.2) is 0 Å². The number of nitrogens with one attached hydrogen (secondary N) is 2. The van der Waals surface area contributed by atoms with Crippen LogP contribution in [0.1, 0.15) is 35.7 Å². The molecule has 1 aliphatic rings. The molecule has 1 amide bonds. The molecular weight excluding hydrogens is 258 g/mol. The molecule has 1 aliphatic heterocycles. The predicted molar refractivity (Wildman–Crippen MR) is 75.8 cm³/mol. The first-order chi connectivity index (χ1) is 9.50. The first-order valence-electron chi connectivity index (χ1n) is 6.79. The summed E-state index contributed by atoms with van der Waals surface area (Å²) in [6, 6.07) is 4.86. The van der Waals surface area contributed by atoms with E-state index in [9.17, 15) is 14.9 Å². The van der Waals surface area contributed by atoms with Crippen LogP contribution in [0, 0.1) is 17.0 Å². The van der Waals surface area contributed by atoms with Crippen LogP contribution in [-0.2, 0) is 0 Å². The Bertz CT molecular complexity index is 530. The van der Waals surface area contributed by atoms with Gasteiger partial charge in [0.25, 0.3) is 11.6 Å². The Morgan fingerprint density at radius 3 is 2.90 bits per heavy atom. The third kappa shape index (κ3) is 2.96. The van der Waals surface area contributed by atoms with E-state index in [2.05, 4.69) is 10.6 Å². The van der Waals surface area contributed by atoms with E-state index >= 15 is 0 Å². The van der Waals surface area contributed by atoms with Gasteiger partial charge in [0, 0.05) is 18.2 Å². The van der Waals surface area contributed by atoms with Gasteiger partial charge in [-0.3, -0.25) is 14.9 Å². The van der Waals surface area contributed by atoms with E-state index in [1.807, 2.05) is 6.92 Å². The highest BCUT2D eigenvalue weighted by Gasteiger charge is 2.27. The van der Waals surface area contributed by atoms with E-state index in [4.69, 9.17) is 0 Å². The van der Waals surface area contributed by atoms with Crippen LogP contribution in [0.2, 0.25) is 0 Å². The summed E-state index contributed by atoms with van der Waals surface area (Å²) in [4.78, 5) is 22.9. The molecule has 0 aromatic heterocycles. The standard InChI is InChI=1S/C14H19N3O3/c1-9-5-3-7-12(17(19)20)13(9)14(18)16-11-6-4-8-15-10(11)2/h3,5,7,10-11,15H,4,6,8H2,1-2H3,(H,16,18). The molecule has 6 heteroatoms. The van der Waals surface area contributed by atoms with Crippen LogP contribution in [0.25, 0.3) is 0 Å². The predicted octanol–water partition coefficient (Wildman–Crippen LogP) is 1.77. The number of carbonyl (C=O) groups excluding carboxylic acids is 1.